The van der Waals surface area contributed by atoms with Gasteiger partial charge in [0, 0.05) is 0 Å². The maximum atomic E-state index is 11.2. The molecular weight excluding hydrogens is 429 g/mol. The number of hydrogen-bond donors (Lipinski definition) is 0. The molecule has 0 saturated carbocycles. The molecular formula is C18H29CsO3S. The van der Waals surface area contributed by atoms with Gasteiger partial charge >= 0.3 is 68.9 Å². The van der Waals surface area contributed by atoms with Crippen LogP contribution in [0.2, 0.25) is 0 Å². The van der Waals surface area contributed by atoms with E-state index in [1.165, 1.54) is 57.4 Å². The van der Waals surface area contributed by atoms with Crippen LogP contribution in [0.1, 0.15) is 76.7 Å². The second-order valence-corrected chi connectivity index (χ2v) is 7.34. The number of aryl methyl sites for hydroxylation is 1. The molecule has 0 aliphatic heterocycles. The van der Waals surface area contributed by atoms with Gasteiger partial charge in [-0.05, 0) is 24.5 Å². The fourth-order valence-electron chi connectivity index (χ4n) is 2.76. The Balaban J connectivity index is 0.00000484. The molecule has 0 radical (unpaired) electrons. The van der Waals surface area contributed by atoms with Crippen molar-refractivity contribution in [2.75, 3.05) is 0 Å². The Morgan fingerprint density at radius 3 is 1.83 bits per heavy atom. The quantitative estimate of drug-likeness (QED) is 0.356. The van der Waals surface area contributed by atoms with Gasteiger partial charge < -0.3 is 4.55 Å². The molecule has 1 aromatic carbocycles. The van der Waals surface area contributed by atoms with Gasteiger partial charge in [-0.1, -0.05) is 82.9 Å². The Morgan fingerprint density at radius 1 is 0.826 bits per heavy atom. The van der Waals surface area contributed by atoms with Crippen molar-refractivity contribution in [3.63, 3.8) is 0 Å². The number of rotatable bonds is 12. The molecule has 0 unspecified atom stereocenters. The van der Waals surface area contributed by atoms with Crippen LogP contribution < -0.4 is 68.9 Å². The van der Waals surface area contributed by atoms with Gasteiger partial charge in [-0.15, -0.1) is 0 Å². The molecule has 3 nitrogen and oxygen atoms in total. The monoisotopic (exact) mass is 458 g/mol. The van der Waals surface area contributed by atoms with Crippen LogP contribution in [0.25, 0.3) is 0 Å². The van der Waals surface area contributed by atoms with Crippen LogP contribution >= 0.6 is 0 Å². The second kappa shape index (κ2) is 14.4. The van der Waals surface area contributed by atoms with E-state index < -0.39 is 10.1 Å². The zero-order valence-electron chi connectivity index (χ0n) is 14.7. The Morgan fingerprint density at radius 2 is 1.30 bits per heavy atom. The molecule has 1 aromatic rings. The minimum Gasteiger partial charge on any atom is -0.744 e. The summed E-state index contributed by atoms with van der Waals surface area (Å²) >= 11 is 0. The molecule has 0 aromatic heterocycles. The summed E-state index contributed by atoms with van der Waals surface area (Å²) in [5, 5.41) is 0. The third-order valence-electron chi connectivity index (χ3n) is 4.04. The first-order valence-electron chi connectivity index (χ1n) is 8.59. The van der Waals surface area contributed by atoms with Gasteiger partial charge in [-0.2, -0.15) is 0 Å². The maximum absolute atomic E-state index is 11.2. The number of hydrogen-bond acceptors (Lipinski definition) is 3. The van der Waals surface area contributed by atoms with Crippen molar-refractivity contribution < 1.29 is 81.9 Å². The van der Waals surface area contributed by atoms with Gasteiger partial charge in [-0.3, -0.25) is 0 Å². The van der Waals surface area contributed by atoms with Crippen LogP contribution in [0.3, 0.4) is 0 Å². The average Bonchev–Trinajstić information content (AvgIpc) is 2.48. The topological polar surface area (TPSA) is 57.2 Å². The summed E-state index contributed by atoms with van der Waals surface area (Å²) in [5.74, 6) is 0. The molecule has 0 saturated heterocycles. The van der Waals surface area contributed by atoms with Crippen molar-refractivity contribution in [3.05, 3.63) is 29.8 Å². The van der Waals surface area contributed by atoms with E-state index in [4.69, 9.17) is 0 Å². The van der Waals surface area contributed by atoms with Crippen molar-refractivity contribution >= 4 is 10.1 Å². The maximum Gasteiger partial charge on any atom is 1.00 e. The van der Waals surface area contributed by atoms with Crippen LogP contribution in [0.5, 0.6) is 0 Å². The zero-order chi connectivity index (χ0) is 16.3. The summed E-state index contributed by atoms with van der Waals surface area (Å²) in [7, 11) is -4.35. The smallest absolute Gasteiger partial charge is 0.744 e. The predicted molar refractivity (Wildman–Crippen MR) is 90.0 cm³/mol. The van der Waals surface area contributed by atoms with Crippen LogP contribution in [-0.4, -0.2) is 13.0 Å². The summed E-state index contributed by atoms with van der Waals surface area (Å²) < 4.78 is 33.5. The Labute approximate surface area is 201 Å². The van der Waals surface area contributed by atoms with Crippen molar-refractivity contribution in [1.82, 2.24) is 0 Å². The van der Waals surface area contributed by atoms with E-state index in [1.807, 2.05) is 0 Å². The van der Waals surface area contributed by atoms with E-state index in [9.17, 15) is 13.0 Å². The van der Waals surface area contributed by atoms with Crippen molar-refractivity contribution in [2.24, 2.45) is 0 Å². The minimum absolute atomic E-state index is 0. The van der Waals surface area contributed by atoms with Crippen LogP contribution in [-0.2, 0) is 16.5 Å². The van der Waals surface area contributed by atoms with Crippen LogP contribution in [0.4, 0.5) is 0 Å². The molecule has 0 aliphatic rings. The van der Waals surface area contributed by atoms with Gasteiger partial charge in [0.15, 0.2) is 0 Å². The fraction of sp³-hybridized carbons (Fsp3) is 0.667. The van der Waals surface area contributed by atoms with Crippen molar-refractivity contribution in [1.29, 1.82) is 0 Å². The summed E-state index contributed by atoms with van der Waals surface area (Å²) in [6.07, 6.45) is 13.2. The molecule has 0 heterocycles. The first-order valence-corrected chi connectivity index (χ1v) is 10.0. The van der Waals surface area contributed by atoms with Gasteiger partial charge in [-0.25, -0.2) is 8.42 Å². The van der Waals surface area contributed by atoms with E-state index in [2.05, 4.69) is 6.92 Å². The molecule has 1 rings (SSSR count). The van der Waals surface area contributed by atoms with E-state index in [1.54, 1.807) is 18.2 Å². The summed E-state index contributed by atoms with van der Waals surface area (Å²) in [6.45, 7) is 2.23. The number of benzene rings is 1. The zero-order valence-corrected chi connectivity index (χ0v) is 21.8. The molecule has 0 bridgehead atoms. The largest absolute Gasteiger partial charge is 1.00 e. The molecule has 0 N–H and O–H groups in total. The molecule has 0 amide bonds. The Bertz CT molecular complexity index is 515. The normalized spacial score (nSPS) is 11.2. The third kappa shape index (κ3) is 11.4. The van der Waals surface area contributed by atoms with E-state index in [0.717, 1.165) is 12.8 Å². The third-order valence-corrected chi connectivity index (χ3v) is 4.98. The minimum atomic E-state index is -4.35. The Kier molecular flexibility index (Phi) is 15.1. The van der Waals surface area contributed by atoms with Gasteiger partial charge in [0.2, 0.25) is 0 Å². The molecule has 0 atom stereocenters. The fourth-order valence-corrected chi connectivity index (χ4v) is 3.49. The first-order chi connectivity index (χ1) is 10.6. The molecule has 5 heteroatoms. The standard InChI is InChI=1S/C18H30O3S.Cs/c1-2-3-4-5-6-7-8-9-10-11-14-17-15-12-13-16-18(17)22(19,20)21;/h12-13,15-16H,2-11,14H2,1H3,(H,19,20,21);/q;+1/p-1. The first kappa shape index (κ1) is 24.2. The molecule has 126 valence electrons. The van der Waals surface area contributed by atoms with E-state index in [0.29, 0.717) is 12.0 Å². The van der Waals surface area contributed by atoms with Crippen molar-refractivity contribution in [3.8, 4) is 0 Å². The molecule has 0 fully saturated rings. The Hall–Kier alpha value is 1.18. The van der Waals surface area contributed by atoms with Crippen LogP contribution in [0, 0.1) is 0 Å². The predicted octanol–water partition coefficient (Wildman–Crippen LogP) is 2.06. The van der Waals surface area contributed by atoms with E-state index >= 15 is 0 Å². The summed E-state index contributed by atoms with van der Waals surface area (Å²) in [4.78, 5) is -0.0501. The van der Waals surface area contributed by atoms with Gasteiger partial charge in [0.05, 0.1) is 4.90 Å². The van der Waals surface area contributed by atoms with E-state index in [-0.39, 0.29) is 73.8 Å². The SMILES string of the molecule is CCCCCCCCCCCCc1ccccc1S(=O)(=O)[O-].[Cs+]. The van der Waals surface area contributed by atoms with Gasteiger partial charge in [0.25, 0.3) is 0 Å². The molecule has 0 spiro atoms. The summed E-state index contributed by atoms with van der Waals surface area (Å²) in [6, 6.07) is 6.56. The number of unbranched alkanes of at least 4 members (excludes halogenated alkanes) is 9. The molecule has 0 aliphatic carbocycles. The van der Waals surface area contributed by atoms with Crippen molar-refractivity contribution in [2.45, 2.75) is 82.4 Å². The second-order valence-electron chi connectivity index (χ2n) is 5.99. The van der Waals surface area contributed by atoms with Crippen LogP contribution in [0.15, 0.2) is 29.2 Å². The average molecular weight is 458 g/mol. The van der Waals surface area contributed by atoms with Gasteiger partial charge in [0.1, 0.15) is 10.1 Å². The summed E-state index contributed by atoms with van der Waals surface area (Å²) in [5.41, 5.74) is 0.664. The molecule has 23 heavy (non-hydrogen) atoms.